The molecule has 2 aromatic rings. The van der Waals surface area contributed by atoms with Gasteiger partial charge in [0, 0.05) is 11.5 Å². The van der Waals surface area contributed by atoms with E-state index in [2.05, 4.69) is 54.4 Å². The monoisotopic (exact) mass is 367 g/mol. The van der Waals surface area contributed by atoms with Gasteiger partial charge in [-0.3, -0.25) is 0 Å². The number of aliphatic hydroxyl groups is 1. The molecule has 4 atom stereocenters. The van der Waals surface area contributed by atoms with Gasteiger partial charge in [-0.05, 0) is 62.0 Å². The van der Waals surface area contributed by atoms with Crippen LogP contribution in [0.15, 0.2) is 48.5 Å². The molecule has 1 heterocycles. The minimum absolute atomic E-state index is 0.0329. The van der Waals surface area contributed by atoms with Gasteiger partial charge in [-0.2, -0.15) is 0 Å². The highest BCUT2D eigenvalue weighted by Crippen LogP contribution is 2.56. The first-order chi connectivity index (χ1) is 13.1. The van der Waals surface area contributed by atoms with E-state index in [4.69, 9.17) is 9.47 Å². The van der Waals surface area contributed by atoms with Crippen molar-refractivity contribution in [3.05, 3.63) is 59.7 Å². The van der Waals surface area contributed by atoms with Crippen LogP contribution in [0.2, 0.25) is 0 Å². The average Bonchev–Trinajstić information content (AvgIpc) is 3.05. The summed E-state index contributed by atoms with van der Waals surface area (Å²) in [7, 11) is 5.55. The van der Waals surface area contributed by atoms with Gasteiger partial charge in [0.1, 0.15) is 0 Å². The Labute approximate surface area is 161 Å². The highest BCUT2D eigenvalue weighted by atomic mass is 16.5. The Kier molecular flexibility index (Phi) is 4.87. The van der Waals surface area contributed by atoms with Crippen LogP contribution in [0.1, 0.15) is 36.3 Å². The van der Waals surface area contributed by atoms with Crippen molar-refractivity contribution in [1.82, 2.24) is 4.90 Å². The van der Waals surface area contributed by atoms with Crippen molar-refractivity contribution in [2.75, 3.05) is 27.8 Å². The van der Waals surface area contributed by atoms with Crippen LogP contribution in [-0.2, 0) is 5.41 Å². The molecular weight excluding hydrogens is 338 g/mol. The van der Waals surface area contributed by atoms with Crippen molar-refractivity contribution in [3.8, 4) is 11.5 Å². The summed E-state index contributed by atoms with van der Waals surface area (Å²) in [4.78, 5) is 2.43. The Hall–Kier alpha value is -2.04. The van der Waals surface area contributed by atoms with Crippen molar-refractivity contribution in [1.29, 1.82) is 0 Å². The first kappa shape index (κ1) is 18.3. The van der Waals surface area contributed by atoms with Gasteiger partial charge < -0.3 is 19.5 Å². The largest absolute Gasteiger partial charge is 0.493 e. The van der Waals surface area contributed by atoms with E-state index in [1.54, 1.807) is 14.2 Å². The van der Waals surface area contributed by atoms with Crippen molar-refractivity contribution in [2.24, 2.45) is 0 Å². The molecule has 4 heteroatoms. The Morgan fingerprint density at radius 3 is 2.44 bits per heavy atom. The minimum atomic E-state index is -0.269. The molecule has 0 spiro atoms. The summed E-state index contributed by atoms with van der Waals surface area (Å²) in [6.07, 6.45) is 2.42. The van der Waals surface area contributed by atoms with Crippen LogP contribution in [-0.4, -0.2) is 50.0 Å². The summed E-state index contributed by atoms with van der Waals surface area (Å²) in [6, 6.07) is 17.4. The number of nitrogens with zero attached hydrogens (tertiary/aromatic N) is 1. The molecule has 1 N–H and O–H groups in total. The molecule has 4 rings (SSSR count). The molecule has 0 bridgehead atoms. The van der Waals surface area contributed by atoms with E-state index in [9.17, 15) is 5.11 Å². The third-order valence-corrected chi connectivity index (χ3v) is 6.75. The van der Waals surface area contributed by atoms with Crippen molar-refractivity contribution >= 4 is 0 Å². The third-order valence-electron chi connectivity index (χ3n) is 6.75. The standard InChI is InChI=1S/C23H29NO3/c1-24-12-11-23(17-9-10-20(26-2)21(13-17)27-3)19(14-18(25)15-22(23)24)16-7-5-4-6-8-16/h4-10,13,18-19,22,25H,11-12,14-15H2,1-3H3/t18-,19+,22-,23-/m0/s1. The fourth-order valence-electron chi connectivity index (χ4n) is 5.49. The molecule has 0 radical (unpaired) electrons. The van der Waals surface area contributed by atoms with Crippen molar-refractivity contribution in [2.45, 2.75) is 42.7 Å². The zero-order chi connectivity index (χ0) is 19.0. The van der Waals surface area contributed by atoms with Gasteiger partial charge in [-0.25, -0.2) is 0 Å². The first-order valence-electron chi connectivity index (χ1n) is 9.76. The first-order valence-corrected chi connectivity index (χ1v) is 9.76. The summed E-state index contributed by atoms with van der Waals surface area (Å²) >= 11 is 0. The van der Waals surface area contributed by atoms with Crippen LogP contribution < -0.4 is 9.47 Å². The zero-order valence-electron chi connectivity index (χ0n) is 16.4. The Bertz CT molecular complexity index is 793. The molecule has 27 heavy (non-hydrogen) atoms. The van der Waals surface area contributed by atoms with E-state index in [-0.39, 0.29) is 17.4 Å². The molecule has 144 valence electrons. The Balaban J connectivity index is 1.88. The quantitative estimate of drug-likeness (QED) is 0.897. The normalized spacial score (nSPS) is 30.7. The van der Waals surface area contributed by atoms with Crippen LogP contribution in [0.4, 0.5) is 0 Å². The number of likely N-dealkylation sites (N-methyl/N-ethyl adjacent to an activating group) is 1. The topological polar surface area (TPSA) is 41.9 Å². The molecule has 2 fully saturated rings. The van der Waals surface area contributed by atoms with Crippen LogP contribution in [0.25, 0.3) is 0 Å². The molecule has 2 aromatic carbocycles. The highest BCUT2D eigenvalue weighted by molar-refractivity contribution is 5.48. The molecule has 0 amide bonds. The predicted molar refractivity (Wildman–Crippen MR) is 107 cm³/mol. The Morgan fingerprint density at radius 2 is 1.74 bits per heavy atom. The fourth-order valence-corrected chi connectivity index (χ4v) is 5.49. The van der Waals surface area contributed by atoms with E-state index >= 15 is 0 Å². The summed E-state index contributed by atoms with van der Waals surface area (Å²) in [5.41, 5.74) is 2.57. The van der Waals surface area contributed by atoms with Gasteiger partial charge in [-0.1, -0.05) is 36.4 Å². The molecule has 2 aliphatic rings. The van der Waals surface area contributed by atoms with Gasteiger partial charge in [0.25, 0.3) is 0 Å². The average molecular weight is 367 g/mol. The van der Waals surface area contributed by atoms with Gasteiger partial charge in [-0.15, -0.1) is 0 Å². The zero-order valence-corrected chi connectivity index (χ0v) is 16.4. The lowest BCUT2D eigenvalue weighted by atomic mass is 9.57. The maximum Gasteiger partial charge on any atom is 0.161 e. The van der Waals surface area contributed by atoms with Crippen molar-refractivity contribution < 1.29 is 14.6 Å². The second-order valence-electron chi connectivity index (χ2n) is 7.95. The molecule has 1 saturated heterocycles. The Morgan fingerprint density at radius 1 is 1.00 bits per heavy atom. The number of hydrogen-bond acceptors (Lipinski definition) is 4. The highest BCUT2D eigenvalue weighted by Gasteiger charge is 2.56. The number of hydrogen-bond donors (Lipinski definition) is 1. The van der Waals surface area contributed by atoms with Gasteiger partial charge in [0.05, 0.1) is 20.3 Å². The minimum Gasteiger partial charge on any atom is -0.493 e. The van der Waals surface area contributed by atoms with Gasteiger partial charge in [0.2, 0.25) is 0 Å². The smallest absolute Gasteiger partial charge is 0.161 e. The maximum atomic E-state index is 10.7. The van der Waals surface area contributed by atoms with Crippen molar-refractivity contribution in [3.63, 3.8) is 0 Å². The summed E-state index contributed by atoms with van der Waals surface area (Å²) in [5, 5.41) is 10.7. The van der Waals surface area contributed by atoms with Gasteiger partial charge in [0.15, 0.2) is 11.5 Å². The SMILES string of the molecule is COc1ccc([C@]23CCN(C)[C@H]2C[C@@H](O)C[C@@H]3c2ccccc2)cc1OC. The molecule has 0 unspecified atom stereocenters. The van der Waals surface area contributed by atoms with Gasteiger partial charge >= 0.3 is 0 Å². The number of fused-ring (bicyclic) bond motifs is 1. The molecular formula is C23H29NO3. The molecule has 1 aliphatic carbocycles. The lowest BCUT2D eigenvalue weighted by Crippen LogP contribution is -2.51. The number of likely N-dealkylation sites (tertiary alicyclic amines) is 1. The summed E-state index contributed by atoms with van der Waals surface area (Å²) in [6.45, 7) is 1.04. The summed E-state index contributed by atoms with van der Waals surface area (Å²) < 4.78 is 11.1. The van der Waals surface area contributed by atoms with E-state index in [0.717, 1.165) is 37.3 Å². The molecule has 4 nitrogen and oxygen atoms in total. The number of ether oxygens (including phenoxy) is 2. The van der Waals surface area contributed by atoms with Crippen LogP contribution in [0.3, 0.4) is 0 Å². The number of rotatable bonds is 4. The van der Waals surface area contributed by atoms with E-state index in [1.165, 1.54) is 11.1 Å². The molecule has 1 aliphatic heterocycles. The number of methoxy groups -OCH3 is 2. The third kappa shape index (κ3) is 2.91. The van der Waals surface area contributed by atoms with Crippen LogP contribution in [0, 0.1) is 0 Å². The van der Waals surface area contributed by atoms with Crippen LogP contribution in [0.5, 0.6) is 11.5 Å². The molecule has 0 aromatic heterocycles. The summed E-state index contributed by atoms with van der Waals surface area (Å²) in [5.74, 6) is 1.80. The van der Waals surface area contributed by atoms with E-state index < -0.39 is 0 Å². The lowest BCUT2D eigenvalue weighted by Gasteiger charge is -2.49. The number of aliphatic hydroxyl groups excluding tert-OH is 1. The second-order valence-corrected chi connectivity index (χ2v) is 7.95. The maximum absolute atomic E-state index is 10.7. The fraction of sp³-hybridized carbons (Fsp3) is 0.478. The predicted octanol–water partition coefficient (Wildman–Crippen LogP) is 3.58. The second kappa shape index (κ2) is 7.17. The lowest BCUT2D eigenvalue weighted by molar-refractivity contribution is 0.0412. The number of benzene rings is 2. The molecule has 1 saturated carbocycles. The van der Waals surface area contributed by atoms with E-state index in [0.29, 0.717) is 6.04 Å². The van der Waals surface area contributed by atoms with E-state index in [1.807, 2.05) is 6.07 Å². The van der Waals surface area contributed by atoms with Crippen LogP contribution >= 0.6 is 0 Å².